The van der Waals surface area contributed by atoms with Crippen LogP contribution in [0.25, 0.3) is 6.08 Å². The molecule has 8 nitrogen and oxygen atoms in total. The second kappa shape index (κ2) is 10.7. The zero-order valence-corrected chi connectivity index (χ0v) is 18.5. The quantitative estimate of drug-likeness (QED) is 0.571. The molecule has 0 aliphatic carbocycles. The van der Waals surface area contributed by atoms with Gasteiger partial charge in [-0.15, -0.1) is 0 Å². The van der Waals surface area contributed by atoms with Crippen LogP contribution in [0.4, 0.5) is 10.5 Å². The molecule has 1 aliphatic rings. The van der Waals surface area contributed by atoms with Gasteiger partial charge in [0, 0.05) is 10.7 Å². The first kappa shape index (κ1) is 23.2. The third kappa shape index (κ3) is 5.81. The highest BCUT2D eigenvalue weighted by atomic mass is 35.5. The Labute approximate surface area is 193 Å². The fourth-order valence-electron chi connectivity index (χ4n) is 2.81. The number of nitrogens with zero attached hydrogens (tertiary/aromatic N) is 2. The lowest BCUT2D eigenvalue weighted by Gasteiger charge is -2.12. The largest absolute Gasteiger partial charge is 0.490 e. The summed E-state index contributed by atoms with van der Waals surface area (Å²) in [4.78, 5) is 38.4. The van der Waals surface area contributed by atoms with Crippen LogP contribution < -0.4 is 14.8 Å². The van der Waals surface area contributed by atoms with E-state index in [4.69, 9.17) is 26.3 Å². The molecule has 2 aromatic rings. The number of thioether (sulfide) groups is 1. The molecule has 164 valence electrons. The number of rotatable bonds is 8. The molecule has 0 bridgehead atoms. The first-order valence-electron chi connectivity index (χ1n) is 9.48. The number of benzene rings is 2. The van der Waals surface area contributed by atoms with Gasteiger partial charge in [0.15, 0.2) is 18.1 Å². The number of nitrogens with one attached hydrogen (secondary N) is 1. The first-order chi connectivity index (χ1) is 15.4. The van der Waals surface area contributed by atoms with Crippen molar-refractivity contribution in [1.29, 1.82) is 5.26 Å². The number of halogens is 1. The number of nitriles is 1. The van der Waals surface area contributed by atoms with Crippen LogP contribution >= 0.6 is 23.4 Å². The van der Waals surface area contributed by atoms with Gasteiger partial charge in [-0.25, -0.2) is 0 Å². The van der Waals surface area contributed by atoms with Gasteiger partial charge in [0.1, 0.15) is 12.6 Å². The molecule has 0 unspecified atom stereocenters. The molecular weight excluding hydrogens is 454 g/mol. The Hall–Kier alpha value is -3.48. The number of amides is 3. The summed E-state index contributed by atoms with van der Waals surface area (Å²) in [5.74, 6) is -0.273. The van der Waals surface area contributed by atoms with E-state index >= 15 is 0 Å². The second-order valence-electron chi connectivity index (χ2n) is 6.41. The Balaban J connectivity index is 1.72. The molecule has 3 amide bonds. The maximum absolute atomic E-state index is 12.7. The van der Waals surface area contributed by atoms with Crippen LogP contribution in [-0.2, 0) is 9.59 Å². The van der Waals surface area contributed by atoms with Gasteiger partial charge in [0.25, 0.3) is 11.1 Å². The summed E-state index contributed by atoms with van der Waals surface area (Å²) >= 11 is 6.64. The summed E-state index contributed by atoms with van der Waals surface area (Å²) in [5.41, 5.74) is 1.07. The Morgan fingerprint density at radius 3 is 2.75 bits per heavy atom. The zero-order valence-electron chi connectivity index (χ0n) is 17.0. The Bertz CT molecular complexity index is 1130. The summed E-state index contributed by atoms with van der Waals surface area (Å²) in [6, 6.07) is 13.4. The average molecular weight is 472 g/mol. The van der Waals surface area contributed by atoms with E-state index in [9.17, 15) is 14.4 Å². The number of hydrogen-bond acceptors (Lipinski definition) is 7. The SMILES string of the molecule is CCOc1cc(/C=C2\SC(=O)N(CC(=O)Nc3cccc(Cl)c3)C2=O)ccc1OCC#N. The Morgan fingerprint density at radius 2 is 2.03 bits per heavy atom. The minimum Gasteiger partial charge on any atom is -0.490 e. The van der Waals surface area contributed by atoms with Crippen molar-refractivity contribution in [1.82, 2.24) is 4.90 Å². The molecule has 0 saturated carbocycles. The van der Waals surface area contributed by atoms with Crippen LogP contribution in [0.15, 0.2) is 47.4 Å². The van der Waals surface area contributed by atoms with Crippen LogP contribution in [0.5, 0.6) is 11.5 Å². The maximum Gasteiger partial charge on any atom is 0.294 e. The lowest BCUT2D eigenvalue weighted by molar-refractivity contribution is -0.127. The molecule has 10 heteroatoms. The van der Waals surface area contributed by atoms with Gasteiger partial charge in [-0.3, -0.25) is 19.3 Å². The lowest BCUT2D eigenvalue weighted by atomic mass is 10.2. The standard InChI is InChI=1S/C22H18ClN3O5S/c1-2-30-18-10-14(6-7-17(18)31-9-8-24)11-19-21(28)26(22(29)32-19)13-20(27)25-16-5-3-4-15(23)12-16/h3-7,10-12H,2,9,13H2,1H3,(H,25,27)/b19-11-. The van der Waals surface area contributed by atoms with Gasteiger partial charge < -0.3 is 14.8 Å². The van der Waals surface area contributed by atoms with Crippen molar-refractivity contribution in [3.05, 3.63) is 58.0 Å². The van der Waals surface area contributed by atoms with E-state index in [2.05, 4.69) is 5.32 Å². The number of ether oxygens (including phenoxy) is 2. The lowest BCUT2D eigenvalue weighted by Crippen LogP contribution is -2.36. The van der Waals surface area contributed by atoms with Gasteiger partial charge in [-0.05, 0) is 60.7 Å². The van der Waals surface area contributed by atoms with E-state index < -0.39 is 23.6 Å². The third-order valence-electron chi connectivity index (χ3n) is 4.14. The smallest absolute Gasteiger partial charge is 0.294 e. The van der Waals surface area contributed by atoms with Crippen LogP contribution in [-0.4, -0.2) is 41.7 Å². The van der Waals surface area contributed by atoms with E-state index in [1.165, 1.54) is 6.08 Å². The molecular formula is C22H18ClN3O5S. The summed E-state index contributed by atoms with van der Waals surface area (Å²) in [5, 5.41) is 11.2. The monoisotopic (exact) mass is 471 g/mol. The first-order valence-corrected chi connectivity index (χ1v) is 10.7. The van der Waals surface area contributed by atoms with Crippen molar-refractivity contribution in [2.24, 2.45) is 0 Å². The van der Waals surface area contributed by atoms with Crippen molar-refractivity contribution in [2.45, 2.75) is 6.92 Å². The van der Waals surface area contributed by atoms with Gasteiger partial charge in [-0.2, -0.15) is 5.26 Å². The van der Waals surface area contributed by atoms with E-state index in [1.54, 1.807) is 49.4 Å². The molecule has 3 rings (SSSR count). The van der Waals surface area contributed by atoms with E-state index in [0.717, 1.165) is 16.7 Å². The number of imide groups is 1. The van der Waals surface area contributed by atoms with Gasteiger partial charge in [0.2, 0.25) is 5.91 Å². The number of anilines is 1. The highest BCUT2D eigenvalue weighted by molar-refractivity contribution is 8.18. The summed E-state index contributed by atoms with van der Waals surface area (Å²) in [6.07, 6.45) is 1.54. The minimum absolute atomic E-state index is 0.129. The molecule has 0 atom stereocenters. The molecule has 0 radical (unpaired) electrons. The Morgan fingerprint density at radius 1 is 1.22 bits per heavy atom. The van der Waals surface area contributed by atoms with Gasteiger partial charge in [0.05, 0.1) is 11.5 Å². The van der Waals surface area contributed by atoms with Crippen molar-refractivity contribution in [3.8, 4) is 17.6 Å². The molecule has 1 N–H and O–H groups in total. The van der Waals surface area contributed by atoms with Crippen molar-refractivity contribution < 1.29 is 23.9 Å². The fourth-order valence-corrected chi connectivity index (χ4v) is 3.84. The molecule has 0 spiro atoms. The number of carbonyl (C=O) groups is 3. The van der Waals surface area contributed by atoms with Crippen LogP contribution in [0.3, 0.4) is 0 Å². The van der Waals surface area contributed by atoms with Crippen LogP contribution in [0.1, 0.15) is 12.5 Å². The van der Waals surface area contributed by atoms with Crippen LogP contribution in [0, 0.1) is 11.3 Å². The number of carbonyl (C=O) groups excluding carboxylic acids is 3. The predicted molar refractivity (Wildman–Crippen MR) is 121 cm³/mol. The van der Waals surface area contributed by atoms with Crippen molar-refractivity contribution in [2.75, 3.05) is 25.1 Å². The summed E-state index contributed by atoms with van der Waals surface area (Å²) in [6.45, 7) is 1.64. The van der Waals surface area contributed by atoms with Gasteiger partial charge in [-0.1, -0.05) is 23.7 Å². The summed E-state index contributed by atoms with van der Waals surface area (Å²) in [7, 11) is 0. The average Bonchev–Trinajstić information content (AvgIpc) is 3.00. The minimum atomic E-state index is -0.566. The highest BCUT2D eigenvalue weighted by Crippen LogP contribution is 2.34. The van der Waals surface area contributed by atoms with E-state index in [0.29, 0.717) is 34.4 Å². The highest BCUT2D eigenvalue weighted by Gasteiger charge is 2.36. The third-order valence-corrected chi connectivity index (χ3v) is 5.28. The van der Waals surface area contributed by atoms with Gasteiger partial charge >= 0.3 is 0 Å². The second-order valence-corrected chi connectivity index (χ2v) is 7.84. The van der Waals surface area contributed by atoms with Crippen molar-refractivity contribution in [3.63, 3.8) is 0 Å². The molecule has 2 aromatic carbocycles. The molecule has 32 heavy (non-hydrogen) atoms. The van der Waals surface area contributed by atoms with E-state index in [-0.39, 0.29) is 11.5 Å². The van der Waals surface area contributed by atoms with Crippen molar-refractivity contribution >= 4 is 52.2 Å². The molecule has 0 aromatic heterocycles. The normalized spacial score (nSPS) is 14.4. The predicted octanol–water partition coefficient (Wildman–Crippen LogP) is 4.32. The molecule has 1 aliphatic heterocycles. The van der Waals surface area contributed by atoms with E-state index in [1.807, 2.05) is 6.07 Å². The maximum atomic E-state index is 12.7. The number of hydrogen-bond donors (Lipinski definition) is 1. The zero-order chi connectivity index (χ0) is 23.1. The van der Waals surface area contributed by atoms with Crippen LogP contribution in [0.2, 0.25) is 5.02 Å². The summed E-state index contributed by atoms with van der Waals surface area (Å²) < 4.78 is 10.9. The molecule has 1 heterocycles. The fraction of sp³-hybridized carbons (Fsp3) is 0.182. The molecule has 1 saturated heterocycles. The molecule has 1 fully saturated rings. The topological polar surface area (TPSA) is 109 Å². The Kier molecular flexibility index (Phi) is 7.76.